The number of nitrogens with zero attached hydrogens (tertiary/aromatic N) is 1. The maximum Gasteiger partial charge on any atom is 0.273 e. The second-order valence-corrected chi connectivity index (χ2v) is 7.54. The van der Waals surface area contributed by atoms with E-state index in [0.717, 1.165) is 31.5 Å². The number of thiophene rings is 1. The van der Waals surface area contributed by atoms with Gasteiger partial charge in [0, 0.05) is 9.86 Å². The van der Waals surface area contributed by atoms with E-state index in [0.29, 0.717) is 5.56 Å². The molecule has 2 aromatic carbocycles. The van der Waals surface area contributed by atoms with Crippen LogP contribution in [0.4, 0.5) is 0 Å². The standard InChI is InChI=1S/C20H14BrN3OS/c21-15-8-6-13(7-9-15)12-22-24-20(25)16-4-1-3-14-11-17(23-19(14)16)18-5-2-10-26-18/h1-12,23H,(H,24,25)/b22-12-. The smallest absolute Gasteiger partial charge is 0.273 e. The number of hydrazone groups is 1. The predicted molar refractivity (Wildman–Crippen MR) is 111 cm³/mol. The van der Waals surface area contributed by atoms with Crippen LogP contribution in [-0.4, -0.2) is 17.1 Å². The molecule has 0 aliphatic carbocycles. The molecule has 0 saturated heterocycles. The summed E-state index contributed by atoms with van der Waals surface area (Å²) in [4.78, 5) is 17.0. The van der Waals surface area contributed by atoms with Gasteiger partial charge >= 0.3 is 0 Å². The van der Waals surface area contributed by atoms with Gasteiger partial charge in [0.1, 0.15) is 0 Å². The molecule has 0 radical (unpaired) electrons. The number of amides is 1. The Hall–Kier alpha value is -2.70. The summed E-state index contributed by atoms with van der Waals surface area (Å²) in [6.07, 6.45) is 1.62. The Morgan fingerprint density at radius 3 is 2.73 bits per heavy atom. The number of aromatic amines is 1. The fourth-order valence-electron chi connectivity index (χ4n) is 2.68. The molecular formula is C20H14BrN3OS. The lowest BCUT2D eigenvalue weighted by atomic mass is 10.1. The van der Waals surface area contributed by atoms with Crippen molar-refractivity contribution in [3.8, 4) is 10.6 Å². The van der Waals surface area contributed by atoms with E-state index in [9.17, 15) is 4.79 Å². The highest BCUT2D eigenvalue weighted by Crippen LogP contribution is 2.29. The van der Waals surface area contributed by atoms with Gasteiger partial charge in [-0.15, -0.1) is 11.3 Å². The number of hydrogen-bond acceptors (Lipinski definition) is 3. The van der Waals surface area contributed by atoms with Gasteiger partial charge in [-0.3, -0.25) is 4.79 Å². The van der Waals surface area contributed by atoms with E-state index in [2.05, 4.69) is 43.6 Å². The zero-order chi connectivity index (χ0) is 17.9. The molecule has 2 heterocycles. The van der Waals surface area contributed by atoms with Crippen LogP contribution in [0.25, 0.3) is 21.5 Å². The summed E-state index contributed by atoms with van der Waals surface area (Å²) < 4.78 is 0.999. The average molecular weight is 424 g/mol. The number of benzene rings is 2. The van der Waals surface area contributed by atoms with E-state index >= 15 is 0 Å². The lowest BCUT2D eigenvalue weighted by molar-refractivity contribution is 0.0956. The molecule has 0 spiro atoms. The molecule has 0 aliphatic rings. The molecule has 0 fully saturated rings. The largest absolute Gasteiger partial charge is 0.353 e. The summed E-state index contributed by atoms with van der Waals surface area (Å²) in [5, 5.41) is 7.09. The Morgan fingerprint density at radius 2 is 1.96 bits per heavy atom. The summed E-state index contributed by atoms with van der Waals surface area (Å²) in [6, 6.07) is 19.5. The molecule has 0 saturated carbocycles. The SMILES string of the molecule is O=C(N/N=C\c1ccc(Br)cc1)c1cccc2cc(-c3cccs3)[nH]c12. The van der Waals surface area contributed by atoms with Crippen molar-refractivity contribution in [1.29, 1.82) is 0 Å². The van der Waals surface area contributed by atoms with Crippen molar-refractivity contribution in [3.63, 3.8) is 0 Å². The number of fused-ring (bicyclic) bond motifs is 1. The first kappa shape index (κ1) is 16.8. The van der Waals surface area contributed by atoms with Crippen molar-refractivity contribution >= 4 is 50.3 Å². The van der Waals surface area contributed by atoms with Crippen LogP contribution in [0.15, 0.2) is 75.6 Å². The number of rotatable bonds is 4. The molecule has 1 amide bonds. The molecule has 128 valence electrons. The van der Waals surface area contributed by atoms with Crippen molar-refractivity contribution < 1.29 is 4.79 Å². The molecule has 2 N–H and O–H groups in total. The third-order valence-corrected chi connectivity index (χ3v) is 5.37. The lowest BCUT2D eigenvalue weighted by Gasteiger charge is -2.02. The normalized spacial score (nSPS) is 11.3. The third kappa shape index (κ3) is 3.47. The maximum absolute atomic E-state index is 12.5. The minimum absolute atomic E-state index is 0.247. The zero-order valence-electron chi connectivity index (χ0n) is 13.6. The van der Waals surface area contributed by atoms with Gasteiger partial charge in [-0.05, 0) is 41.3 Å². The molecule has 2 aromatic heterocycles. The van der Waals surface area contributed by atoms with Gasteiger partial charge in [0.15, 0.2) is 0 Å². The first-order valence-electron chi connectivity index (χ1n) is 7.95. The van der Waals surface area contributed by atoms with Crippen molar-refractivity contribution in [1.82, 2.24) is 10.4 Å². The number of nitrogens with one attached hydrogen (secondary N) is 2. The second kappa shape index (κ2) is 7.27. The summed E-state index contributed by atoms with van der Waals surface area (Å²) >= 11 is 5.05. The molecule has 6 heteroatoms. The molecule has 0 aliphatic heterocycles. The molecule has 26 heavy (non-hydrogen) atoms. The molecule has 4 nitrogen and oxygen atoms in total. The predicted octanol–water partition coefficient (Wildman–Crippen LogP) is 5.42. The van der Waals surface area contributed by atoms with Crippen LogP contribution in [0.3, 0.4) is 0 Å². The Kier molecular flexibility index (Phi) is 4.69. The summed E-state index contributed by atoms with van der Waals surface area (Å²) in [6.45, 7) is 0. The molecular weight excluding hydrogens is 410 g/mol. The number of carbonyl (C=O) groups is 1. The van der Waals surface area contributed by atoms with Gasteiger partial charge in [0.05, 0.1) is 27.9 Å². The number of H-pyrrole nitrogens is 1. The molecule has 0 bridgehead atoms. The average Bonchev–Trinajstić information content (AvgIpc) is 3.32. The van der Waals surface area contributed by atoms with E-state index < -0.39 is 0 Å². The Labute approximate surface area is 162 Å². The van der Waals surface area contributed by atoms with Crippen LogP contribution in [0, 0.1) is 0 Å². The number of para-hydroxylation sites is 1. The van der Waals surface area contributed by atoms with E-state index in [4.69, 9.17) is 0 Å². The number of carbonyl (C=O) groups excluding carboxylic acids is 1. The number of halogens is 1. The highest BCUT2D eigenvalue weighted by Gasteiger charge is 2.12. The lowest BCUT2D eigenvalue weighted by Crippen LogP contribution is -2.18. The van der Waals surface area contributed by atoms with E-state index in [1.165, 1.54) is 0 Å². The fraction of sp³-hybridized carbons (Fsp3) is 0. The van der Waals surface area contributed by atoms with Crippen molar-refractivity contribution in [2.75, 3.05) is 0 Å². The molecule has 0 atom stereocenters. The van der Waals surface area contributed by atoms with Gasteiger partial charge < -0.3 is 4.98 Å². The highest BCUT2D eigenvalue weighted by molar-refractivity contribution is 9.10. The van der Waals surface area contributed by atoms with Crippen LogP contribution in [0.1, 0.15) is 15.9 Å². The quantitative estimate of drug-likeness (QED) is 0.334. The summed E-state index contributed by atoms with van der Waals surface area (Å²) in [5.74, 6) is -0.247. The van der Waals surface area contributed by atoms with Crippen molar-refractivity contribution in [3.05, 3.63) is 81.6 Å². The molecule has 4 rings (SSSR count). The topological polar surface area (TPSA) is 57.2 Å². The van der Waals surface area contributed by atoms with Crippen molar-refractivity contribution in [2.24, 2.45) is 5.10 Å². The van der Waals surface area contributed by atoms with Crippen LogP contribution in [0.5, 0.6) is 0 Å². The van der Waals surface area contributed by atoms with E-state index in [-0.39, 0.29) is 5.91 Å². The highest BCUT2D eigenvalue weighted by atomic mass is 79.9. The Bertz CT molecular complexity index is 1080. The Morgan fingerprint density at radius 1 is 1.12 bits per heavy atom. The monoisotopic (exact) mass is 423 g/mol. The second-order valence-electron chi connectivity index (χ2n) is 5.68. The van der Waals surface area contributed by atoms with Gasteiger partial charge in [-0.1, -0.05) is 46.3 Å². The van der Waals surface area contributed by atoms with Crippen LogP contribution < -0.4 is 5.43 Å². The number of aromatic nitrogens is 1. The Balaban J connectivity index is 1.57. The first-order valence-corrected chi connectivity index (χ1v) is 9.62. The van der Waals surface area contributed by atoms with Gasteiger partial charge in [-0.2, -0.15) is 5.10 Å². The van der Waals surface area contributed by atoms with E-state index in [1.807, 2.05) is 47.8 Å². The number of hydrogen-bond donors (Lipinski definition) is 2. The fourth-order valence-corrected chi connectivity index (χ4v) is 3.65. The zero-order valence-corrected chi connectivity index (χ0v) is 16.0. The van der Waals surface area contributed by atoms with Gasteiger partial charge in [0.25, 0.3) is 5.91 Å². The van der Waals surface area contributed by atoms with Crippen LogP contribution in [-0.2, 0) is 0 Å². The minimum atomic E-state index is -0.247. The van der Waals surface area contributed by atoms with E-state index in [1.54, 1.807) is 23.6 Å². The van der Waals surface area contributed by atoms with Gasteiger partial charge in [0.2, 0.25) is 0 Å². The molecule has 4 aromatic rings. The third-order valence-electron chi connectivity index (χ3n) is 3.94. The van der Waals surface area contributed by atoms with Crippen molar-refractivity contribution in [2.45, 2.75) is 0 Å². The minimum Gasteiger partial charge on any atom is -0.353 e. The van der Waals surface area contributed by atoms with Crippen LogP contribution >= 0.6 is 27.3 Å². The summed E-state index contributed by atoms with van der Waals surface area (Å²) in [5.41, 5.74) is 5.90. The van der Waals surface area contributed by atoms with Crippen LogP contribution in [0.2, 0.25) is 0 Å². The molecule has 0 unspecified atom stereocenters. The summed E-state index contributed by atoms with van der Waals surface area (Å²) in [7, 11) is 0. The van der Waals surface area contributed by atoms with Gasteiger partial charge in [-0.25, -0.2) is 5.43 Å². The maximum atomic E-state index is 12.5. The first-order chi connectivity index (χ1) is 12.7.